The molecule has 2 aromatic heterocycles. The molecule has 1 amide bonds. The Bertz CT molecular complexity index is 869. The Morgan fingerprint density at radius 2 is 1.96 bits per heavy atom. The van der Waals surface area contributed by atoms with Crippen molar-refractivity contribution in [1.82, 2.24) is 19.9 Å². The van der Waals surface area contributed by atoms with Crippen LogP contribution in [0.2, 0.25) is 0 Å². The van der Waals surface area contributed by atoms with Gasteiger partial charge in [-0.3, -0.25) is 9.59 Å². The Labute approximate surface area is 153 Å². The van der Waals surface area contributed by atoms with Gasteiger partial charge in [0.15, 0.2) is 5.78 Å². The summed E-state index contributed by atoms with van der Waals surface area (Å²) >= 11 is 0. The molecule has 0 fully saturated rings. The van der Waals surface area contributed by atoms with Crippen LogP contribution in [0.3, 0.4) is 0 Å². The minimum Gasteiger partial charge on any atom is -0.374 e. The predicted octanol–water partition coefficient (Wildman–Crippen LogP) is 2.14. The van der Waals surface area contributed by atoms with Gasteiger partial charge < -0.3 is 20.0 Å². The van der Waals surface area contributed by atoms with Crippen LogP contribution in [0.25, 0.3) is 0 Å². The van der Waals surface area contributed by atoms with Crippen molar-refractivity contribution in [2.24, 2.45) is 7.05 Å². The van der Waals surface area contributed by atoms with E-state index in [1.54, 1.807) is 13.8 Å². The van der Waals surface area contributed by atoms with Crippen LogP contribution in [-0.2, 0) is 12.6 Å². The molecule has 0 saturated heterocycles. The fourth-order valence-electron chi connectivity index (χ4n) is 3.09. The van der Waals surface area contributed by atoms with Crippen molar-refractivity contribution in [3.63, 3.8) is 0 Å². The number of carbonyl (C=O) groups is 2. The zero-order chi connectivity index (χ0) is 20.6. The highest BCUT2D eigenvalue weighted by atomic mass is 19.4. The first-order valence-electron chi connectivity index (χ1n) is 8.15. The summed E-state index contributed by atoms with van der Waals surface area (Å²) in [7, 11) is 1.34. The third-order valence-corrected chi connectivity index (χ3v) is 4.45. The van der Waals surface area contributed by atoms with Gasteiger partial charge in [-0.1, -0.05) is 0 Å². The Morgan fingerprint density at radius 3 is 2.41 bits per heavy atom. The van der Waals surface area contributed by atoms with E-state index in [1.807, 2.05) is 0 Å². The number of Topliss-reactive ketones (excluding diaryl/α,β-unsaturated/α-hetero) is 1. The van der Waals surface area contributed by atoms with Crippen LogP contribution in [0.5, 0.6) is 0 Å². The van der Waals surface area contributed by atoms with Crippen LogP contribution >= 0.6 is 0 Å². The number of ketones is 1. The van der Waals surface area contributed by atoms with Gasteiger partial charge in [-0.05, 0) is 26.3 Å². The lowest BCUT2D eigenvalue weighted by Crippen LogP contribution is -2.46. The number of amides is 1. The van der Waals surface area contributed by atoms with E-state index in [1.165, 1.54) is 20.2 Å². The summed E-state index contributed by atoms with van der Waals surface area (Å²) in [6.07, 6.45) is -3.35. The third-order valence-electron chi connectivity index (χ3n) is 4.45. The highest BCUT2D eigenvalue weighted by Crippen LogP contribution is 2.40. The first kappa shape index (κ1) is 20.7. The molecule has 0 aromatic carbocycles. The van der Waals surface area contributed by atoms with Crippen LogP contribution in [0.15, 0.2) is 12.4 Å². The summed E-state index contributed by atoms with van der Waals surface area (Å²) in [4.78, 5) is 30.3. The van der Waals surface area contributed by atoms with Crippen molar-refractivity contribution >= 4 is 11.7 Å². The molecule has 0 saturated carbocycles. The summed E-state index contributed by atoms with van der Waals surface area (Å²) in [6.45, 7) is 4.12. The van der Waals surface area contributed by atoms with E-state index in [0.717, 1.165) is 10.8 Å². The number of alkyl halides is 3. The van der Waals surface area contributed by atoms with Crippen molar-refractivity contribution in [2.75, 3.05) is 6.54 Å². The van der Waals surface area contributed by atoms with Crippen molar-refractivity contribution < 1.29 is 27.9 Å². The molecule has 2 rings (SSSR count). The van der Waals surface area contributed by atoms with E-state index in [0.29, 0.717) is 16.8 Å². The number of nitrogens with one attached hydrogen (secondary N) is 2. The molecule has 0 radical (unpaired) electrons. The molecule has 27 heavy (non-hydrogen) atoms. The number of aromatic nitrogens is 3. The van der Waals surface area contributed by atoms with E-state index < -0.39 is 36.5 Å². The highest BCUT2D eigenvalue weighted by molar-refractivity contribution is 6.02. The number of H-pyrrole nitrogens is 1. The second-order valence-corrected chi connectivity index (χ2v) is 6.41. The van der Waals surface area contributed by atoms with Gasteiger partial charge in [0.2, 0.25) is 5.60 Å². The minimum atomic E-state index is -4.97. The van der Waals surface area contributed by atoms with Gasteiger partial charge in [0.25, 0.3) is 5.91 Å². The van der Waals surface area contributed by atoms with E-state index in [9.17, 15) is 27.9 Å². The second kappa shape index (κ2) is 7.18. The van der Waals surface area contributed by atoms with Gasteiger partial charge >= 0.3 is 6.18 Å². The number of halogens is 3. The average Bonchev–Trinajstić information content (AvgIpc) is 3.09. The van der Waals surface area contributed by atoms with Gasteiger partial charge in [0.1, 0.15) is 11.5 Å². The molecule has 2 aromatic rings. The molecule has 7 nitrogen and oxygen atoms in total. The minimum absolute atomic E-state index is 0.102. The number of aliphatic hydroxyl groups is 1. The summed E-state index contributed by atoms with van der Waals surface area (Å²) in [6, 6.07) is 0. The molecule has 0 bridgehead atoms. The number of aromatic amines is 1. The molecule has 1 atom stereocenters. The summed E-state index contributed by atoms with van der Waals surface area (Å²) in [5.74, 6) is -1.44. The largest absolute Gasteiger partial charge is 0.424 e. The van der Waals surface area contributed by atoms with Gasteiger partial charge in [-0.2, -0.15) is 13.2 Å². The van der Waals surface area contributed by atoms with Gasteiger partial charge in [0, 0.05) is 43.7 Å². The number of rotatable bonds is 6. The normalized spacial score (nSPS) is 14.1. The van der Waals surface area contributed by atoms with E-state index in [4.69, 9.17) is 0 Å². The van der Waals surface area contributed by atoms with Crippen LogP contribution < -0.4 is 5.32 Å². The number of hydrogen-bond donors (Lipinski definition) is 3. The van der Waals surface area contributed by atoms with Crippen molar-refractivity contribution in [3.05, 3.63) is 40.7 Å². The molecule has 0 aliphatic carbocycles. The van der Waals surface area contributed by atoms with Crippen molar-refractivity contribution in [2.45, 2.75) is 39.0 Å². The molecule has 0 spiro atoms. The number of aryl methyl sites for hydroxylation is 2. The molecule has 10 heteroatoms. The maximum Gasteiger partial charge on any atom is 0.424 e. The Morgan fingerprint density at radius 1 is 1.33 bits per heavy atom. The van der Waals surface area contributed by atoms with Crippen molar-refractivity contribution in [3.8, 4) is 0 Å². The first-order chi connectivity index (χ1) is 12.4. The van der Waals surface area contributed by atoms with Crippen LogP contribution in [-0.4, -0.2) is 44.1 Å². The molecule has 0 aliphatic heterocycles. The molecule has 0 aliphatic rings. The Kier molecular flexibility index (Phi) is 5.50. The third kappa shape index (κ3) is 3.75. The van der Waals surface area contributed by atoms with Crippen LogP contribution in [0.4, 0.5) is 13.2 Å². The quantitative estimate of drug-likeness (QED) is 0.662. The summed E-state index contributed by atoms with van der Waals surface area (Å²) in [5.41, 5.74) is -1.80. The second-order valence-electron chi connectivity index (χ2n) is 6.41. The highest BCUT2D eigenvalue weighted by Gasteiger charge is 2.57. The van der Waals surface area contributed by atoms with Crippen molar-refractivity contribution in [1.29, 1.82) is 0 Å². The molecule has 1 unspecified atom stereocenters. The number of carbonyl (C=O) groups excluding carboxylic acids is 2. The molecule has 2 heterocycles. The summed E-state index contributed by atoms with van der Waals surface area (Å²) in [5, 5.41) is 12.6. The first-order valence-corrected chi connectivity index (χ1v) is 8.15. The fourth-order valence-corrected chi connectivity index (χ4v) is 3.09. The lowest BCUT2D eigenvalue weighted by atomic mass is 9.97. The number of imidazole rings is 1. The SMILES string of the molecule is CC(=O)c1c(C)[nH]c(C(=O)NCCC(O)(c2nccn2C)C(F)(F)F)c1C. The zero-order valence-electron chi connectivity index (χ0n) is 15.4. The Hall–Kier alpha value is -2.62. The van der Waals surface area contributed by atoms with Gasteiger partial charge in [-0.15, -0.1) is 0 Å². The molecule has 3 N–H and O–H groups in total. The van der Waals surface area contributed by atoms with Gasteiger partial charge in [0.05, 0.1) is 0 Å². The molecular formula is C17H21F3N4O3. The lowest BCUT2D eigenvalue weighted by Gasteiger charge is -2.29. The topological polar surface area (TPSA) is 100 Å². The smallest absolute Gasteiger partial charge is 0.374 e. The Balaban J connectivity index is 2.17. The number of nitrogens with zero attached hydrogens (tertiary/aromatic N) is 2. The van der Waals surface area contributed by atoms with E-state index in [2.05, 4.69) is 15.3 Å². The summed E-state index contributed by atoms with van der Waals surface area (Å²) < 4.78 is 41.4. The zero-order valence-corrected chi connectivity index (χ0v) is 15.4. The predicted molar refractivity (Wildman–Crippen MR) is 90.4 cm³/mol. The standard InChI is InChI=1S/C17H21F3N4O3/c1-9-12(11(3)25)10(2)23-13(9)14(26)21-6-5-16(27,17(18,19)20)15-22-7-8-24(15)4/h7-8,23,27H,5-6H2,1-4H3,(H,21,26). The average molecular weight is 386 g/mol. The van der Waals surface area contributed by atoms with E-state index >= 15 is 0 Å². The monoisotopic (exact) mass is 386 g/mol. The van der Waals surface area contributed by atoms with Crippen LogP contribution in [0.1, 0.15) is 51.3 Å². The number of hydrogen-bond acceptors (Lipinski definition) is 4. The molecular weight excluding hydrogens is 365 g/mol. The van der Waals surface area contributed by atoms with E-state index in [-0.39, 0.29) is 11.5 Å². The maximum atomic E-state index is 13.4. The lowest BCUT2D eigenvalue weighted by molar-refractivity contribution is -0.272. The molecule has 148 valence electrons. The fraction of sp³-hybridized carbons (Fsp3) is 0.471. The van der Waals surface area contributed by atoms with Gasteiger partial charge in [-0.25, -0.2) is 4.98 Å². The maximum absolute atomic E-state index is 13.4. The van der Waals surface area contributed by atoms with Crippen LogP contribution in [0, 0.1) is 13.8 Å².